The van der Waals surface area contributed by atoms with E-state index in [0.29, 0.717) is 11.5 Å². The normalized spacial score (nSPS) is 10.3. The van der Waals surface area contributed by atoms with Gasteiger partial charge in [0.1, 0.15) is 0 Å². The molecule has 2 aromatic heterocycles. The summed E-state index contributed by atoms with van der Waals surface area (Å²) < 4.78 is 45.7. The Morgan fingerprint density at radius 2 is 1.29 bits per heavy atom. The van der Waals surface area contributed by atoms with Crippen molar-refractivity contribution in [1.29, 1.82) is 0 Å². The quantitative estimate of drug-likeness (QED) is 0.389. The summed E-state index contributed by atoms with van der Waals surface area (Å²) in [5, 5.41) is -0.393. The van der Waals surface area contributed by atoms with E-state index >= 15 is 0 Å². The number of ether oxygens (including phenoxy) is 2. The molecule has 0 radical (unpaired) electrons. The largest absolute Gasteiger partial charge is 0.519 e. The van der Waals surface area contributed by atoms with Gasteiger partial charge in [-0.1, -0.05) is 6.92 Å². The minimum absolute atomic E-state index is 0.0661. The molecule has 0 N–H and O–H groups in total. The third-order valence-electron chi connectivity index (χ3n) is 2.57. The van der Waals surface area contributed by atoms with Crippen LogP contribution < -0.4 is 11.6 Å². The molecule has 2 rings (SSSR count). The minimum Gasteiger partial charge on any atom is -0.449 e. The van der Waals surface area contributed by atoms with Gasteiger partial charge in [0.15, 0.2) is 36.3 Å². The van der Waals surface area contributed by atoms with Gasteiger partial charge in [-0.15, -0.1) is 0 Å². The zero-order valence-corrected chi connectivity index (χ0v) is 19.9. The zero-order chi connectivity index (χ0) is 24.2. The van der Waals surface area contributed by atoms with Crippen LogP contribution >= 0.6 is 44.7 Å². The number of thioether (sulfide) groups is 1. The average molecular weight is 546 g/mol. The van der Waals surface area contributed by atoms with Gasteiger partial charge in [-0.2, -0.15) is 8.42 Å². The Morgan fingerprint density at radius 1 is 0.903 bits per heavy atom. The first kappa shape index (κ1) is 29.1. The lowest BCUT2D eigenvalue weighted by atomic mass is 10.4. The Hall–Kier alpha value is -1.87. The van der Waals surface area contributed by atoms with Gasteiger partial charge in [0.25, 0.3) is 0 Å². The van der Waals surface area contributed by atoms with Crippen molar-refractivity contribution in [2.75, 3.05) is 5.75 Å². The summed E-state index contributed by atoms with van der Waals surface area (Å²) in [7, 11) is 4.81. The van der Waals surface area contributed by atoms with Crippen molar-refractivity contribution in [2.45, 2.75) is 34.0 Å². The van der Waals surface area contributed by atoms with Crippen molar-refractivity contribution in [3.05, 3.63) is 44.3 Å². The van der Waals surface area contributed by atoms with Crippen molar-refractivity contribution in [3.63, 3.8) is 0 Å². The highest BCUT2D eigenvalue weighted by Gasteiger charge is 2.11. The molecule has 2 heterocycles. The summed E-state index contributed by atoms with van der Waals surface area (Å²) in [6.45, 7) is 4.67. The molecule has 0 amide bonds. The number of halogens is 3. The number of carbonyl (C=O) groups excluding carboxylic acids is 2. The van der Waals surface area contributed by atoms with Gasteiger partial charge in [-0.3, -0.25) is 0 Å². The van der Waals surface area contributed by atoms with Crippen LogP contribution in [0, 0.1) is 13.8 Å². The van der Waals surface area contributed by atoms with E-state index in [0.717, 1.165) is 11.8 Å². The van der Waals surface area contributed by atoms with Crippen LogP contribution in [0.5, 0.6) is 0 Å². The standard InChI is InChI=1S/C8H10O5S.C6H5ClO5.Cl2O2S/c1-3-14-8(10)11-4-6-5(2)12-7(9)13-6;1-3-4(2-10-5(7)8)12-6(9)11-3;1-5(2,3)4/h3-4H2,1-2H3;2H2,1H3;. The van der Waals surface area contributed by atoms with Crippen LogP contribution in [-0.2, 0) is 31.0 Å². The highest BCUT2D eigenvalue weighted by Crippen LogP contribution is 2.10. The summed E-state index contributed by atoms with van der Waals surface area (Å²) in [5.41, 5.74) is -0.960. The molecule has 0 aromatic carbocycles. The molecule has 17 heteroatoms. The van der Waals surface area contributed by atoms with Crippen LogP contribution in [0.2, 0.25) is 0 Å². The van der Waals surface area contributed by atoms with E-state index in [2.05, 4.69) is 43.8 Å². The number of carbonyl (C=O) groups is 2. The summed E-state index contributed by atoms with van der Waals surface area (Å²) in [4.78, 5) is 42.1. The fraction of sp³-hybridized carbons (Fsp3) is 0.429. The summed E-state index contributed by atoms with van der Waals surface area (Å²) in [5.74, 6) is 0.0637. The Labute approximate surface area is 192 Å². The Morgan fingerprint density at radius 3 is 1.58 bits per heavy atom. The lowest BCUT2D eigenvalue weighted by Gasteiger charge is -1.99. The van der Waals surface area contributed by atoms with Crippen molar-refractivity contribution < 1.29 is 45.1 Å². The maximum Gasteiger partial charge on any atom is 0.519 e. The first-order chi connectivity index (χ1) is 14.2. The summed E-state index contributed by atoms with van der Waals surface area (Å²) in [6, 6.07) is 0. The molecule has 0 aliphatic carbocycles. The first-order valence-corrected chi connectivity index (χ1v) is 12.2. The van der Waals surface area contributed by atoms with Gasteiger partial charge in [0, 0.05) is 38.7 Å². The second-order valence-electron chi connectivity index (χ2n) is 4.74. The van der Waals surface area contributed by atoms with E-state index in [1.165, 1.54) is 6.92 Å². The fourth-order valence-corrected chi connectivity index (χ4v) is 1.85. The van der Waals surface area contributed by atoms with Crippen molar-refractivity contribution in [3.8, 4) is 0 Å². The van der Waals surface area contributed by atoms with E-state index in [1.54, 1.807) is 6.92 Å². The van der Waals surface area contributed by atoms with E-state index in [1.807, 2.05) is 6.92 Å². The van der Waals surface area contributed by atoms with Crippen LogP contribution in [0.1, 0.15) is 30.0 Å². The Bertz CT molecular complexity index is 1050. The van der Waals surface area contributed by atoms with Crippen LogP contribution in [-0.4, -0.2) is 24.9 Å². The van der Waals surface area contributed by atoms with Gasteiger partial charge in [-0.25, -0.2) is 19.2 Å². The second kappa shape index (κ2) is 14.2. The molecule has 0 saturated heterocycles. The number of aryl methyl sites for hydroxylation is 2. The first-order valence-electron chi connectivity index (χ1n) is 7.67. The molecule has 0 fully saturated rings. The van der Waals surface area contributed by atoms with E-state index < -0.39 is 30.6 Å². The molecule has 0 bridgehead atoms. The molecule has 0 unspecified atom stereocenters. The van der Waals surface area contributed by atoms with Crippen molar-refractivity contribution >= 4 is 63.7 Å². The number of hydrogen-bond acceptors (Lipinski definition) is 13. The Kier molecular flexibility index (Phi) is 13.4. The molecule has 2 aromatic rings. The highest BCUT2D eigenvalue weighted by atomic mass is 36.0. The van der Waals surface area contributed by atoms with E-state index in [4.69, 9.17) is 24.8 Å². The molecule has 0 aliphatic rings. The fourth-order valence-electron chi connectivity index (χ4n) is 1.42. The van der Waals surface area contributed by atoms with Crippen LogP contribution in [0.15, 0.2) is 27.3 Å². The minimum atomic E-state index is -3.72. The molecular formula is C14H15Cl3O12S2. The molecule has 31 heavy (non-hydrogen) atoms. The van der Waals surface area contributed by atoms with Crippen LogP contribution in [0.25, 0.3) is 0 Å². The average Bonchev–Trinajstić information content (AvgIpc) is 3.10. The molecule has 176 valence electrons. The van der Waals surface area contributed by atoms with Crippen LogP contribution in [0.4, 0.5) is 9.59 Å². The molecule has 0 saturated carbocycles. The number of rotatable bonds is 5. The van der Waals surface area contributed by atoms with E-state index in [9.17, 15) is 19.2 Å². The lowest BCUT2D eigenvalue weighted by Crippen LogP contribution is -1.98. The topological polar surface area (TPSA) is 173 Å². The van der Waals surface area contributed by atoms with Crippen LogP contribution in [0.3, 0.4) is 0 Å². The SMILES string of the molecule is CCSC(=O)OCc1oc(=O)oc1C.Cc1oc(=O)oc1COC(=O)Cl.O=S(=O)(Cl)Cl. The molecule has 0 spiro atoms. The maximum absolute atomic E-state index is 10.9. The molecular weight excluding hydrogens is 531 g/mol. The zero-order valence-electron chi connectivity index (χ0n) is 16.0. The van der Waals surface area contributed by atoms with Gasteiger partial charge in [0.2, 0.25) is 0 Å². The maximum atomic E-state index is 10.9. The van der Waals surface area contributed by atoms with Gasteiger partial charge in [-0.05, 0) is 25.6 Å². The van der Waals surface area contributed by atoms with Gasteiger partial charge < -0.3 is 27.1 Å². The van der Waals surface area contributed by atoms with Crippen molar-refractivity contribution in [1.82, 2.24) is 0 Å². The highest BCUT2D eigenvalue weighted by molar-refractivity contribution is 8.31. The molecule has 0 atom stereocenters. The van der Waals surface area contributed by atoms with Gasteiger partial charge in [0.05, 0.1) is 0 Å². The number of hydrogen-bond donors (Lipinski definition) is 0. The lowest BCUT2D eigenvalue weighted by molar-refractivity contribution is 0.156. The predicted molar refractivity (Wildman–Crippen MR) is 109 cm³/mol. The van der Waals surface area contributed by atoms with Crippen molar-refractivity contribution in [2.24, 2.45) is 0 Å². The third kappa shape index (κ3) is 15.6. The molecule has 12 nitrogen and oxygen atoms in total. The monoisotopic (exact) mass is 544 g/mol. The summed E-state index contributed by atoms with van der Waals surface area (Å²) >= 11 is 5.93. The van der Waals surface area contributed by atoms with Gasteiger partial charge >= 0.3 is 30.6 Å². The smallest absolute Gasteiger partial charge is 0.449 e. The van der Waals surface area contributed by atoms with E-state index in [-0.39, 0.29) is 30.5 Å². The molecule has 0 aliphatic heterocycles. The second-order valence-corrected chi connectivity index (χ2v) is 9.92. The summed E-state index contributed by atoms with van der Waals surface area (Å²) in [6.07, 6.45) is 0. The predicted octanol–water partition coefficient (Wildman–Crippen LogP) is 4.06. The third-order valence-corrected chi connectivity index (χ3v) is 3.32. The Balaban J connectivity index is 0.000000483.